The van der Waals surface area contributed by atoms with Crippen molar-refractivity contribution in [2.75, 3.05) is 0 Å². The lowest BCUT2D eigenvalue weighted by Crippen LogP contribution is -2.06. The number of hydrogen-bond donors (Lipinski definition) is 0. The van der Waals surface area contributed by atoms with Gasteiger partial charge >= 0.3 is 0 Å². The molecule has 0 spiro atoms. The topological polar surface area (TPSA) is 13.1 Å². The molecular weight excluding hydrogens is 244 g/mol. The van der Waals surface area contributed by atoms with E-state index in [-0.39, 0.29) is 5.92 Å². The van der Waals surface area contributed by atoms with Crippen molar-refractivity contribution < 1.29 is 4.42 Å². The van der Waals surface area contributed by atoms with Crippen molar-refractivity contribution in [3.63, 3.8) is 0 Å². The molecule has 0 fully saturated rings. The first kappa shape index (κ1) is 12.7. The summed E-state index contributed by atoms with van der Waals surface area (Å²) in [6.07, 6.45) is 1.75. The molecule has 0 saturated heterocycles. The minimum atomic E-state index is 0.160. The van der Waals surface area contributed by atoms with Gasteiger partial charge in [0.1, 0.15) is 5.76 Å². The van der Waals surface area contributed by atoms with Crippen LogP contribution in [0.25, 0.3) is 0 Å². The molecule has 0 aliphatic heterocycles. The van der Waals surface area contributed by atoms with E-state index in [0.717, 1.165) is 5.76 Å². The zero-order chi connectivity index (χ0) is 13.9. The first-order chi connectivity index (χ1) is 9.77. The Bertz CT molecular complexity index is 650. The minimum Gasteiger partial charge on any atom is -0.468 e. The molecule has 0 unspecified atom stereocenters. The number of hydrogen-bond acceptors (Lipinski definition) is 1. The number of furan rings is 1. The maximum Gasteiger partial charge on any atom is 0.115 e. The summed E-state index contributed by atoms with van der Waals surface area (Å²) in [6, 6.07) is 21.1. The smallest absolute Gasteiger partial charge is 0.115 e. The van der Waals surface area contributed by atoms with Gasteiger partial charge in [0.25, 0.3) is 0 Å². The summed E-state index contributed by atoms with van der Waals surface area (Å²) in [4.78, 5) is 0. The van der Waals surface area contributed by atoms with E-state index in [4.69, 9.17) is 4.42 Å². The summed E-state index contributed by atoms with van der Waals surface area (Å²) in [5.74, 6) is 1.15. The Kier molecular flexibility index (Phi) is 3.42. The Labute approximate surface area is 119 Å². The molecule has 2 aromatic carbocycles. The maximum absolute atomic E-state index is 5.71. The van der Waals surface area contributed by atoms with Crippen LogP contribution in [0, 0.1) is 13.8 Å². The van der Waals surface area contributed by atoms with E-state index in [0.29, 0.717) is 0 Å². The highest BCUT2D eigenvalue weighted by molar-refractivity contribution is 5.45. The zero-order valence-corrected chi connectivity index (χ0v) is 11.8. The second-order valence-corrected chi connectivity index (χ2v) is 5.16. The van der Waals surface area contributed by atoms with Crippen molar-refractivity contribution in [3.8, 4) is 0 Å². The fourth-order valence-electron chi connectivity index (χ4n) is 2.75. The van der Waals surface area contributed by atoms with Gasteiger partial charge < -0.3 is 4.42 Å². The normalized spacial score (nSPS) is 10.9. The molecule has 3 aromatic rings. The van der Waals surface area contributed by atoms with Crippen LogP contribution < -0.4 is 0 Å². The van der Waals surface area contributed by atoms with Gasteiger partial charge in [-0.25, -0.2) is 0 Å². The summed E-state index contributed by atoms with van der Waals surface area (Å²) in [5.41, 5.74) is 5.18. The van der Waals surface area contributed by atoms with Gasteiger partial charge in [0, 0.05) is 0 Å². The third kappa shape index (κ3) is 2.27. The predicted molar refractivity (Wildman–Crippen MR) is 82.0 cm³/mol. The summed E-state index contributed by atoms with van der Waals surface area (Å²) in [6.45, 7) is 4.31. The summed E-state index contributed by atoms with van der Waals surface area (Å²) in [5, 5.41) is 0. The van der Waals surface area contributed by atoms with E-state index in [1.54, 1.807) is 6.26 Å². The van der Waals surface area contributed by atoms with E-state index in [9.17, 15) is 0 Å². The lowest BCUT2D eigenvalue weighted by molar-refractivity contribution is 0.502. The molecule has 0 saturated carbocycles. The zero-order valence-electron chi connectivity index (χ0n) is 11.8. The molecule has 0 radical (unpaired) electrons. The van der Waals surface area contributed by atoms with Crippen LogP contribution in [0.15, 0.2) is 71.3 Å². The third-order valence-electron chi connectivity index (χ3n) is 3.83. The molecule has 0 amide bonds. The molecule has 3 rings (SSSR count). The van der Waals surface area contributed by atoms with Crippen molar-refractivity contribution in [1.82, 2.24) is 0 Å². The molecule has 0 N–H and O–H groups in total. The number of aryl methyl sites for hydroxylation is 2. The van der Waals surface area contributed by atoms with E-state index < -0.39 is 0 Å². The minimum absolute atomic E-state index is 0.160. The Morgan fingerprint density at radius 1 is 0.700 bits per heavy atom. The SMILES string of the molecule is Cc1ccccc1C(c1ccco1)c1ccccc1C. The summed E-state index contributed by atoms with van der Waals surface area (Å²) < 4.78 is 5.71. The van der Waals surface area contributed by atoms with Crippen LogP contribution in [0.3, 0.4) is 0 Å². The van der Waals surface area contributed by atoms with Crippen molar-refractivity contribution in [3.05, 3.63) is 94.9 Å². The molecule has 0 bridgehead atoms. The van der Waals surface area contributed by atoms with Gasteiger partial charge in [-0.2, -0.15) is 0 Å². The van der Waals surface area contributed by atoms with Crippen LogP contribution in [0.4, 0.5) is 0 Å². The number of rotatable bonds is 3. The Balaban J connectivity index is 2.21. The molecule has 100 valence electrons. The van der Waals surface area contributed by atoms with E-state index >= 15 is 0 Å². The maximum atomic E-state index is 5.71. The summed E-state index contributed by atoms with van der Waals surface area (Å²) in [7, 11) is 0. The first-order valence-corrected chi connectivity index (χ1v) is 6.92. The lowest BCUT2D eigenvalue weighted by atomic mass is 9.84. The van der Waals surface area contributed by atoms with Crippen molar-refractivity contribution >= 4 is 0 Å². The Morgan fingerprint density at radius 2 is 1.25 bits per heavy atom. The molecule has 0 atom stereocenters. The fraction of sp³-hybridized carbons (Fsp3) is 0.158. The highest BCUT2D eigenvalue weighted by Gasteiger charge is 2.21. The average molecular weight is 262 g/mol. The lowest BCUT2D eigenvalue weighted by Gasteiger charge is -2.20. The molecule has 0 aliphatic carbocycles. The quantitative estimate of drug-likeness (QED) is 0.641. The van der Waals surface area contributed by atoms with Gasteiger partial charge in [-0.1, -0.05) is 48.5 Å². The highest BCUT2D eigenvalue weighted by atomic mass is 16.3. The van der Waals surface area contributed by atoms with E-state index in [1.807, 2.05) is 6.07 Å². The molecule has 20 heavy (non-hydrogen) atoms. The van der Waals surface area contributed by atoms with Crippen LogP contribution in [0.5, 0.6) is 0 Å². The third-order valence-corrected chi connectivity index (χ3v) is 3.83. The van der Waals surface area contributed by atoms with Gasteiger partial charge in [-0.05, 0) is 48.2 Å². The van der Waals surface area contributed by atoms with Gasteiger partial charge in [-0.3, -0.25) is 0 Å². The van der Waals surface area contributed by atoms with Crippen LogP contribution in [0.2, 0.25) is 0 Å². The van der Waals surface area contributed by atoms with Crippen molar-refractivity contribution in [2.24, 2.45) is 0 Å². The second kappa shape index (κ2) is 5.38. The standard InChI is InChI=1S/C19H18O/c1-14-8-3-5-10-16(14)19(18-12-7-13-20-18)17-11-6-4-9-15(17)2/h3-13,19H,1-2H3. The largest absolute Gasteiger partial charge is 0.468 e. The first-order valence-electron chi connectivity index (χ1n) is 6.92. The predicted octanol–water partition coefficient (Wildman–Crippen LogP) is 5.08. The van der Waals surface area contributed by atoms with Crippen LogP contribution >= 0.6 is 0 Å². The molecular formula is C19H18O. The van der Waals surface area contributed by atoms with Crippen molar-refractivity contribution in [1.29, 1.82) is 0 Å². The Morgan fingerprint density at radius 3 is 1.70 bits per heavy atom. The molecule has 1 nitrogen and oxygen atoms in total. The average Bonchev–Trinajstić information content (AvgIpc) is 2.97. The number of benzene rings is 2. The van der Waals surface area contributed by atoms with Gasteiger partial charge in [0.05, 0.1) is 12.2 Å². The van der Waals surface area contributed by atoms with Crippen LogP contribution in [-0.4, -0.2) is 0 Å². The van der Waals surface area contributed by atoms with Crippen molar-refractivity contribution in [2.45, 2.75) is 19.8 Å². The second-order valence-electron chi connectivity index (χ2n) is 5.16. The van der Waals surface area contributed by atoms with Gasteiger partial charge in [-0.15, -0.1) is 0 Å². The molecule has 1 aromatic heterocycles. The van der Waals surface area contributed by atoms with Gasteiger partial charge in [0.2, 0.25) is 0 Å². The van der Waals surface area contributed by atoms with E-state index in [2.05, 4.69) is 68.4 Å². The van der Waals surface area contributed by atoms with Crippen LogP contribution in [0.1, 0.15) is 33.9 Å². The molecule has 0 aliphatic rings. The highest BCUT2D eigenvalue weighted by Crippen LogP contribution is 2.35. The fourth-order valence-corrected chi connectivity index (χ4v) is 2.75. The Hall–Kier alpha value is -2.28. The molecule has 1 heterocycles. The van der Waals surface area contributed by atoms with Crippen LogP contribution in [-0.2, 0) is 0 Å². The van der Waals surface area contributed by atoms with E-state index in [1.165, 1.54) is 22.3 Å². The van der Waals surface area contributed by atoms with Gasteiger partial charge in [0.15, 0.2) is 0 Å². The monoisotopic (exact) mass is 262 g/mol. The summed E-state index contributed by atoms with van der Waals surface area (Å²) >= 11 is 0. The molecule has 1 heteroatoms.